The number of ether oxygens (including phenoxy) is 1. The standard InChI is InChI=1S/C32H38N4O4S/c1-25-10-14-30(15-11-25)41(38,39)34-17-16-33-24-27-22-26-12-13-29(40-28-8-4-2-5-9-28)23-31(26)36(32(27)37)21-20-35-18-6-3-7-19-35/h2,4-5,8-15,22-23,33-34H,3,6-7,16-21,24H2,1H3. The number of hydrogen-bond acceptors (Lipinski definition) is 6. The molecule has 1 aliphatic rings. The average molecular weight is 575 g/mol. The zero-order valence-corrected chi connectivity index (χ0v) is 24.3. The zero-order valence-electron chi connectivity index (χ0n) is 23.5. The summed E-state index contributed by atoms with van der Waals surface area (Å²) in [5, 5.41) is 4.20. The van der Waals surface area contributed by atoms with Gasteiger partial charge in [0.1, 0.15) is 11.5 Å². The topological polar surface area (TPSA) is 92.7 Å². The molecule has 0 aliphatic carbocycles. The van der Waals surface area contributed by atoms with E-state index >= 15 is 0 Å². The summed E-state index contributed by atoms with van der Waals surface area (Å²) in [6, 6.07) is 24.1. The SMILES string of the molecule is Cc1ccc(S(=O)(=O)NCCNCc2cc3ccc(Oc4ccccc4)cc3n(CCN3CCCCC3)c2=O)cc1. The van der Waals surface area contributed by atoms with E-state index in [0.29, 0.717) is 30.9 Å². The maximum absolute atomic E-state index is 13.7. The Hall–Kier alpha value is -3.50. The van der Waals surface area contributed by atoms with E-state index in [1.54, 1.807) is 24.3 Å². The molecule has 1 aliphatic heterocycles. The van der Waals surface area contributed by atoms with Crippen molar-refractivity contribution >= 4 is 20.9 Å². The largest absolute Gasteiger partial charge is 0.457 e. The Balaban J connectivity index is 1.30. The van der Waals surface area contributed by atoms with Crippen molar-refractivity contribution in [3.63, 3.8) is 0 Å². The normalized spacial score (nSPS) is 14.4. The quantitative estimate of drug-likeness (QED) is 0.239. The monoisotopic (exact) mass is 574 g/mol. The molecule has 0 amide bonds. The molecule has 41 heavy (non-hydrogen) atoms. The molecule has 5 rings (SSSR count). The van der Waals surface area contributed by atoms with Crippen molar-refractivity contribution in [1.82, 2.24) is 19.5 Å². The first-order chi connectivity index (χ1) is 19.9. The van der Waals surface area contributed by atoms with Crippen molar-refractivity contribution in [2.45, 2.75) is 44.2 Å². The first kappa shape index (κ1) is 29.0. The van der Waals surface area contributed by atoms with Gasteiger partial charge < -0.3 is 19.5 Å². The molecule has 2 N–H and O–H groups in total. The second kappa shape index (κ2) is 13.4. The summed E-state index contributed by atoms with van der Waals surface area (Å²) < 4.78 is 35.7. The molecule has 9 heteroatoms. The van der Waals surface area contributed by atoms with Gasteiger partial charge in [-0.1, -0.05) is 42.3 Å². The number of hydrogen-bond donors (Lipinski definition) is 2. The number of para-hydroxylation sites is 1. The molecular weight excluding hydrogens is 536 g/mol. The van der Waals surface area contributed by atoms with E-state index in [-0.39, 0.29) is 17.0 Å². The van der Waals surface area contributed by atoms with Gasteiger partial charge in [-0.3, -0.25) is 4.79 Å². The molecule has 1 fully saturated rings. The van der Waals surface area contributed by atoms with Gasteiger partial charge in [0.2, 0.25) is 10.0 Å². The van der Waals surface area contributed by atoms with Gasteiger partial charge in [-0.05, 0) is 80.7 Å². The number of pyridine rings is 1. The fourth-order valence-corrected chi connectivity index (χ4v) is 6.20. The minimum absolute atomic E-state index is 0.0425. The number of rotatable bonds is 12. The molecule has 1 saturated heterocycles. The molecule has 1 aromatic heterocycles. The first-order valence-electron chi connectivity index (χ1n) is 14.3. The van der Waals surface area contributed by atoms with E-state index in [4.69, 9.17) is 4.74 Å². The number of fused-ring (bicyclic) bond motifs is 1. The van der Waals surface area contributed by atoms with Crippen molar-refractivity contribution in [2.24, 2.45) is 0 Å². The van der Waals surface area contributed by atoms with Crippen molar-refractivity contribution in [2.75, 3.05) is 32.7 Å². The molecule has 216 valence electrons. The Kier molecular flexibility index (Phi) is 9.51. The Labute approximate surface area is 242 Å². The first-order valence-corrected chi connectivity index (χ1v) is 15.8. The van der Waals surface area contributed by atoms with Gasteiger partial charge in [0.15, 0.2) is 0 Å². The fraction of sp³-hybridized carbons (Fsp3) is 0.344. The van der Waals surface area contributed by atoms with E-state index in [1.165, 1.54) is 19.3 Å². The third-order valence-electron chi connectivity index (χ3n) is 7.45. The van der Waals surface area contributed by atoms with Crippen LogP contribution < -0.4 is 20.3 Å². The Morgan fingerprint density at radius 1 is 0.829 bits per heavy atom. The van der Waals surface area contributed by atoms with E-state index in [0.717, 1.165) is 41.9 Å². The average Bonchev–Trinajstić information content (AvgIpc) is 2.98. The predicted molar refractivity (Wildman–Crippen MR) is 163 cm³/mol. The van der Waals surface area contributed by atoms with Crippen LogP contribution in [0.5, 0.6) is 11.5 Å². The fourth-order valence-electron chi connectivity index (χ4n) is 5.17. The molecule has 0 unspecified atom stereocenters. The Bertz CT molecular complexity index is 1610. The van der Waals surface area contributed by atoms with E-state index in [2.05, 4.69) is 14.9 Å². The smallest absolute Gasteiger partial charge is 0.255 e. The van der Waals surface area contributed by atoms with Gasteiger partial charge in [0.25, 0.3) is 5.56 Å². The van der Waals surface area contributed by atoms with E-state index in [9.17, 15) is 13.2 Å². The number of piperidine rings is 1. The molecule has 2 heterocycles. The number of nitrogens with one attached hydrogen (secondary N) is 2. The van der Waals surface area contributed by atoms with Gasteiger partial charge >= 0.3 is 0 Å². The van der Waals surface area contributed by atoms with Crippen LogP contribution in [0, 0.1) is 6.92 Å². The lowest BCUT2D eigenvalue weighted by molar-refractivity contribution is 0.221. The number of aryl methyl sites for hydroxylation is 1. The number of sulfonamides is 1. The predicted octanol–water partition coefficient (Wildman–Crippen LogP) is 4.66. The highest BCUT2D eigenvalue weighted by atomic mass is 32.2. The summed E-state index contributed by atoms with van der Waals surface area (Å²) in [6.07, 6.45) is 3.66. The molecule has 0 saturated carbocycles. The van der Waals surface area contributed by atoms with Gasteiger partial charge in [0, 0.05) is 44.4 Å². The molecule has 8 nitrogen and oxygen atoms in total. The molecule has 0 spiro atoms. The molecular formula is C32H38N4O4S. The van der Waals surface area contributed by atoms with Crippen molar-refractivity contribution in [3.8, 4) is 11.5 Å². The third kappa shape index (κ3) is 7.62. The van der Waals surface area contributed by atoms with Crippen LogP contribution >= 0.6 is 0 Å². The molecule has 0 atom stereocenters. The molecule has 0 bridgehead atoms. The van der Waals surface area contributed by atoms with Crippen molar-refractivity contribution in [3.05, 3.63) is 100 Å². The number of aromatic nitrogens is 1. The third-order valence-corrected chi connectivity index (χ3v) is 8.93. The molecule has 3 aromatic carbocycles. The highest BCUT2D eigenvalue weighted by Crippen LogP contribution is 2.26. The van der Waals surface area contributed by atoms with Crippen LogP contribution in [0.2, 0.25) is 0 Å². The molecule has 0 radical (unpaired) electrons. The summed E-state index contributed by atoms with van der Waals surface area (Å²) in [4.78, 5) is 16.4. The Morgan fingerprint density at radius 3 is 2.34 bits per heavy atom. The summed E-state index contributed by atoms with van der Waals surface area (Å²) in [6.45, 7) is 6.40. The Morgan fingerprint density at radius 2 is 1.59 bits per heavy atom. The van der Waals surface area contributed by atoms with Gasteiger partial charge in [-0.15, -0.1) is 0 Å². The van der Waals surface area contributed by atoms with Crippen LogP contribution in [0.1, 0.15) is 30.4 Å². The second-order valence-electron chi connectivity index (χ2n) is 10.6. The number of likely N-dealkylation sites (tertiary alicyclic amines) is 1. The molecule has 4 aromatic rings. The highest BCUT2D eigenvalue weighted by Gasteiger charge is 2.15. The summed E-state index contributed by atoms with van der Waals surface area (Å²) in [5.74, 6) is 1.43. The van der Waals surface area contributed by atoms with E-state index < -0.39 is 10.0 Å². The van der Waals surface area contributed by atoms with Gasteiger partial charge in [0.05, 0.1) is 10.4 Å². The van der Waals surface area contributed by atoms with Gasteiger partial charge in [-0.2, -0.15) is 0 Å². The van der Waals surface area contributed by atoms with Crippen LogP contribution in [0.3, 0.4) is 0 Å². The van der Waals surface area contributed by atoms with Crippen LogP contribution in [-0.4, -0.2) is 50.6 Å². The van der Waals surface area contributed by atoms with Crippen molar-refractivity contribution < 1.29 is 13.2 Å². The van der Waals surface area contributed by atoms with Gasteiger partial charge in [-0.25, -0.2) is 13.1 Å². The van der Waals surface area contributed by atoms with Crippen LogP contribution in [0.4, 0.5) is 0 Å². The lowest BCUT2D eigenvalue weighted by atomic mass is 10.1. The second-order valence-corrected chi connectivity index (χ2v) is 12.3. The van der Waals surface area contributed by atoms with E-state index in [1.807, 2.05) is 66.1 Å². The minimum atomic E-state index is -3.58. The maximum atomic E-state index is 13.7. The summed E-state index contributed by atoms with van der Waals surface area (Å²) in [7, 11) is -3.58. The summed E-state index contributed by atoms with van der Waals surface area (Å²) >= 11 is 0. The van der Waals surface area contributed by atoms with Crippen molar-refractivity contribution in [1.29, 1.82) is 0 Å². The number of benzene rings is 3. The number of nitrogens with zero attached hydrogens (tertiary/aromatic N) is 2. The lowest BCUT2D eigenvalue weighted by Crippen LogP contribution is -2.36. The van der Waals surface area contributed by atoms with Crippen LogP contribution in [0.25, 0.3) is 10.9 Å². The summed E-state index contributed by atoms with van der Waals surface area (Å²) in [5.41, 5.74) is 2.45. The van der Waals surface area contributed by atoms with Crippen LogP contribution in [-0.2, 0) is 23.1 Å². The highest BCUT2D eigenvalue weighted by molar-refractivity contribution is 7.89. The minimum Gasteiger partial charge on any atom is -0.457 e. The lowest BCUT2D eigenvalue weighted by Gasteiger charge is -2.27. The zero-order chi connectivity index (χ0) is 28.7. The van der Waals surface area contributed by atoms with Crippen LogP contribution in [0.15, 0.2) is 88.6 Å². The maximum Gasteiger partial charge on any atom is 0.255 e.